The molecule has 5 nitrogen and oxygen atoms in total. The topological polar surface area (TPSA) is 64.2 Å². The van der Waals surface area contributed by atoms with E-state index in [1.54, 1.807) is 11.9 Å². The molecule has 1 fully saturated rings. The van der Waals surface area contributed by atoms with Gasteiger partial charge in [0.1, 0.15) is 0 Å². The van der Waals surface area contributed by atoms with E-state index in [2.05, 4.69) is 25.9 Å². The van der Waals surface area contributed by atoms with Crippen LogP contribution in [0.1, 0.15) is 62.6 Å². The smallest absolute Gasteiger partial charge is 0.274 e. The van der Waals surface area contributed by atoms with Gasteiger partial charge in [0.05, 0.1) is 5.54 Å². The Morgan fingerprint density at radius 2 is 2.10 bits per heavy atom. The Morgan fingerprint density at radius 1 is 1.52 bits per heavy atom. The Labute approximate surface area is 133 Å². The summed E-state index contributed by atoms with van der Waals surface area (Å²) >= 11 is 0. The molecule has 1 saturated carbocycles. The molecular formula is C15H27ClN4O. The van der Waals surface area contributed by atoms with Crippen LogP contribution in [0.2, 0.25) is 0 Å². The summed E-state index contributed by atoms with van der Waals surface area (Å²) in [5, 5.41) is 4.57. The van der Waals surface area contributed by atoms with E-state index in [4.69, 9.17) is 5.73 Å². The van der Waals surface area contributed by atoms with Gasteiger partial charge in [0.25, 0.3) is 5.91 Å². The van der Waals surface area contributed by atoms with Crippen molar-refractivity contribution < 1.29 is 4.79 Å². The summed E-state index contributed by atoms with van der Waals surface area (Å²) in [6.45, 7) is 8.75. The Bertz CT molecular complexity index is 502. The van der Waals surface area contributed by atoms with E-state index < -0.39 is 0 Å². The first-order chi connectivity index (χ1) is 9.25. The highest BCUT2D eigenvalue weighted by Gasteiger charge is 2.33. The highest BCUT2D eigenvalue weighted by atomic mass is 35.5. The number of halogens is 1. The lowest BCUT2D eigenvalue weighted by Crippen LogP contribution is -2.40. The molecule has 1 aliphatic carbocycles. The number of likely N-dealkylation sites (N-methyl/N-ethyl adjacent to an activating group) is 1. The zero-order chi connectivity index (χ0) is 15.1. The largest absolute Gasteiger partial charge is 0.336 e. The minimum Gasteiger partial charge on any atom is -0.336 e. The number of rotatable bonds is 4. The Hall–Kier alpha value is -1.07. The minimum atomic E-state index is -0.103. The summed E-state index contributed by atoms with van der Waals surface area (Å²) in [6.07, 6.45) is 2.40. The van der Waals surface area contributed by atoms with Crippen molar-refractivity contribution in [2.45, 2.75) is 58.0 Å². The maximum Gasteiger partial charge on any atom is 0.274 e. The van der Waals surface area contributed by atoms with Crippen LogP contribution in [0.3, 0.4) is 0 Å². The molecule has 1 aliphatic rings. The Balaban J connectivity index is 0.00000220. The van der Waals surface area contributed by atoms with E-state index in [0.29, 0.717) is 18.2 Å². The van der Waals surface area contributed by atoms with E-state index in [9.17, 15) is 4.79 Å². The first-order valence-electron chi connectivity index (χ1n) is 7.33. The molecule has 1 heterocycles. The van der Waals surface area contributed by atoms with Gasteiger partial charge >= 0.3 is 0 Å². The SMILES string of the molecule is CC(CN)N(C)C(=O)c1cc(C2CC2)n(C(C)(C)C)n1.Cl. The predicted molar refractivity (Wildman–Crippen MR) is 87.1 cm³/mol. The molecule has 1 aromatic heterocycles. The van der Waals surface area contributed by atoms with Crippen LogP contribution in [0, 0.1) is 0 Å². The average Bonchev–Trinajstić information content (AvgIpc) is 3.13. The summed E-state index contributed by atoms with van der Waals surface area (Å²) in [5.41, 5.74) is 7.25. The minimum absolute atomic E-state index is 0. The van der Waals surface area contributed by atoms with E-state index in [-0.39, 0.29) is 29.9 Å². The first kappa shape index (κ1) is 18.0. The molecule has 0 aliphatic heterocycles. The van der Waals surface area contributed by atoms with Gasteiger partial charge in [-0.05, 0) is 46.6 Å². The van der Waals surface area contributed by atoms with Gasteiger partial charge in [-0.25, -0.2) is 0 Å². The van der Waals surface area contributed by atoms with Crippen LogP contribution < -0.4 is 5.73 Å². The fourth-order valence-electron chi connectivity index (χ4n) is 2.25. The fraction of sp³-hybridized carbons (Fsp3) is 0.733. The lowest BCUT2D eigenvalue weighted by atomic mass is 10.1. The van der Waals surface area contributed by atoms with Gasteiger partial charge in [-0.1, -0.05) is 0 Å². The van der Waals surface area contributed by atoms with Crippen molar-refractivity contribution in [2.75, 3.05) is 13.6 Å². The highest BCUT2D eigenvalue weighted by molar-refractivity contribution is 5.92. The molecule has 2 N–H and O–H groups in total. The van der Waals surface area contributed by atoms with Crippen LogP contribution >= 0.6 is 12.4 Å². The third kappa shape index (κ3) is 3.77. The predicted octanol–water partition coefficient (Wildman–Crippen LogP) is 2.36. The van der Waals surface area contributed by atoms with Crippen LogP contribution in [-0.2, 0) is 5.54 Å². The number of nitrogens with zero attached hydrogens (tertiary/aromatic N) is 3. The van der Waals surface area contributed by atoms with Gasteiger partial charge in [0, 0.05) is 31.2 Å². The van der Waals surface area contributed by atoms with Crippen molar-refractivity contribution >= 4 is 18.3 Å². The number of hydrogen-bond donors (Lipinski definition) is 1. The van der Waals surface area contributed by atoms with E-state index in [1.807, 2.05) is 17.7 Å². The quantitative estimate of drug-likeness (QED) is 0.928. The molecule has 0 bridgehead atoms. The van der Waals surface area contributed by atoms with Gasteiger partial charge in [0.15, 0.2) is 5.69 Å². The summed E-state index contributed by atoms with van der Waals surface area (Å²) in [6, 6.07) is 1.98. The third-order valence-corrected chi connectivity index (χ3v) is 3.91. The lowest BCUT2D eigenvalue weighted by molar-refractivity contribution is 0.0740. The summed E-state index contributed by atoms with van der Waals surface area (Å²) in [5.74, 6) is 0.522. The lowest BCUT2D eigenvalue weighted by Gasteiger charge is -2.23. The van der Waals surface area contributed by atoms with Crippen LogP contribution in [0.4, 0.5) is 0 Å². The second-order valence-corrected chi connectivity index (χ2v) is 6.81. The van der Waals surface area contributed by atoms with Crippen LogP contribution in [0.15, 0.2) is 6.07 Å². The zero-order valence-corrected chi connectivity index (χ0v) is 14.4. The summed E-state index contributed by atoms with van der Waals surface area (Å²) < 4.78 is 2.01. The number of carbonyl (C=O) groups excluding carboxylic acids is 1. The molecule has 21 heavy (non-hydrogen) atoms. The number of hydrogen-bond acceptors (Lipinski definition) is 3. The standard InChI is InChI=1S/C15H26N4O.ClH/c1-10(9-16)18(5)14(20)12-8-13(11-6-7-11)19(17-12)15(2,3)4;/h8,10-11H,6-7,9,16H2,1-5H3;1H. The molecule has 1 atom stereocenters. The number of aromatic nitrogens is 2. The molecule has 120 valence electrons. The molecule has 2 rings (SSSR count). The second-order valence-electron chi connectivity index (χ2n) is 6.81. The molecule has 0 radical (unpaired) electrons. The summed E-state index contributed by atoms with van der Waals surface area (Å²) in [7, 11) is 1.78. The Morgan fingerprint density at radius 3 is 2.52 bits per heavy atom. The van der Waals surface area contributed by atoms with Gasteiger partial charge in [-0.2, -0.15) is 5.10 Å². The Kier molecular flexibility index (Phi) is 5.45. The van der Waals surface area contributed by atoms with Crippen molar-refractivity contribution in [2.24, 2.45) is 5.73 Å². The second kappa shape index (κ2) is 6.36. The maximum atomic E-state index is 12.5. The number of nitrogens with two attached hydrogens (primary N) is 1. The van der Waals surface area contributed by atoms with Gasteiger partial charge in [-0.15, -0.1) is 12.4 Å². The molecule has 0 saturated heterocycles. The molecule has 1 unspecified atom stereocenters. The third-order valence-electron chi connectivity index (χ3n) is 3.91. The van der Waals surface area contributed by atoms with Crippen molar-refractivity contribution in [1.82, 2.24) is 14.7 Å². The van der Waals surface area contributed by atoms with Gasteiger partial charge in [-0.3, -0.25) is 9.48 Å². The molecule has 0 aromatic carbocycles. The van der Waals surface area contributed by atoms with E-state index in [1.165, 1.54) is 18.5 Å². The van der Waals surface area contributed by atoms with Gasteiger partial charge < -0.3 is 10.6 Å². The first-order valence-corrected chi connectivity index (χ1v) is 7.33. The monoisotopic (exact) mass is 314 g/mol. The van der Waals surface area contributed by atoms with Crippen molar-refractivity contribution in [3.63, 3.8) is 0 Å². The average molecular weight is 315 g/mol. The van der Waals surface area contributed by atoms with Crippen molar-refractivity contribution in [1.29, 1.82) is 0 Å². The van der Waals surface area contributed by atoms with E-state index in [0.717, 1.165) is 0 Å². The van der Waals surface area contributed by atoms with Crippen molar-refractivity contribution in [3.05, 3.63) is 17.5 Å². The summed E-state index contributed by atoms with van der Waals surface area (Å²) in [4.78, 5) is 14.1. The number of carbonyl (C=O) groups is 1. The molecular weight excluding hydrogens is 288 g/mol. The van der Waals surface area contributed by atoms with E-state index >= 15 is 0 Å². The number of amides is 1. The normalized spacial score (nSPS) is 16.3. The fourth-order valence-corrected chi connectivity index (χ4v) is 2.25. The maximum absolute atomic E-state index is 12.5. The van der Waals surface area contributed by atoms with Crippen molar-refractivity contribution in [3.8, 4) is 0 Å². The zero-order valence-electron chi connectivity index (χ0n) is 13.6. The van der Waals surface area contributed by atoms with Crippen LogP contribution in [0.5, 0.6) is 0 Å². The molecule has 1 aromatic rings. The highest BCUT2D eigenvalue weighted by Crippen LogP contribution is 2.41. The van der Waals surface area contributed by atoms with Gasteiger partial charge in [0.2, 0.25) is 0 Å². The van der Waals surface area contributed by atoms with Crippen LogP contribution in [-0.4, -0.2) is 40.2 Å². The molecule has 0 spiro atoms. The molecule has 6 heteroatoms. The molecule has 1 amide bonds. The van der Waals surface area contributed by atoms with Crippen LogP contribution in [0.25, 0.3) is 0 Å².